The van der Waals surface area contributed by atoms with Crippen molar-refractivity contribution in [2.24, 2.45) is 0 Å². The number of hydrogen-bond acceptors (Lipinski definition) is 3. The minimum atomic E-state index is 0.130. The second-order valence-electron chi connectivity index (χ2n) is 5.09. The van der Waals surface area contributed by atoms with E-state index in [2.05, 4.69) is 29.3 Å². The molecule has 0 aromatic heterocycles. The highest BCUT2D eigenvalue weighted by molar-refractivity contribution is 5.22. The van der Waals surface area contributed by atoms with E-state index in [0.29, 0.717) is 6.04 Å². The van der Waals surface area contributed by atoms with Gasteiger partial charge in [-0.15, -0.1) is 0 Å². The zero-order chi connectivity index (χ0) is 12.8. The third kappa shape index (κ3) is 3.55. The van der Waals surface area contributed by atoms with E-state index in [1.807, 2.05) is 12.1 Å². The van der Waals surface area contributed by atoms with Crippen LogP contribution in [-0.4, -0.2) is 35.7 Å². The summed E-state index contributed by atoms with van der Waals surface area (Å²) in [6.45, 7) is 6.82. The van der Waals surface area contributed by atoms with E-state index in [1.54, 1.807) is 0 Å². The fourth-order valence-electron chi connectivity index (χ4n) is 2.61. The van der Waals surface area contributed by atoms with Crippen LogP contribution in [0.4, 0.5) is 0 Å². The molecule has 3 heteroatoms. The standard InChI is InChI=1S/C15H24N2O/c1-2-9-17(15-7-8-16-10-15)11-13-3-5-14(12-18)6-4-13/h3-6,15-16,18H,2,7-12H2,1H3. The summed E-state index contributed by atoms with van der Waals surface area (Å²) in [5.41, 5.74) is 2.33. The summed E-state index contributed by atoms with van der Waals surface area (Å²) in [5, 5.41) is 12.5. The summed E-state index contributed by atoms with van der Waals surface area (Å²) in [4.78, 5) is 2.58. The van der Waals surface area contributed by atoms with Gasteiger partial charge in [0.05, 0.1) is 6.61 Å². The molecule has 18 heavy (non-hydrogen) atoms. The van der Waals surface area contributed by atoms with Crippen LogP contribution in [0.5, 0.6) is 0 Å². The van der Waals surface area contributed by atoms with Crippen LogP contribution < -0.4 is 5.32 Å². The van der Waals surface area contributed by atoms with Gasteiger partial charge in [-0.1, -0.05) is 31.2 Å². The Hall–Kier alpha value is -0.900. The number of benzene rings is 1. The average molecular weight is 248 g/mol. The summed E-state index contributed by atoms with van der Waals surface area (Å²) in [7, 11) is 0. The highest BCUT2D eigenvalue weighted by Crippen LogP contribution is 2.14. The van der Waals surface area contributed by atoms with Crippen LogP contribution in [0, 0.1) is 0 Å². The maximum atomic E-state index is 9.05. The molecule has 1 unspecified atom stereocenters. The van der Waals surface area contributed by atoms with E-state index in [9.17, 15) is 0 Å². The first-order valence-corrected chi connectivity index (χ1v) is 6.97. The highest BCUT2D eigenvalue weighted by atomic mass is 16.3. The minimum Gasteiger partial charge on any atom is -0.392 e. The molecule has 3 nitrogen and oxygen atoms in total. The first-order chi connectivity index (χ1) is 8.83. The molecule has 2 rings (SSSR count). The van der Waals surface area contributed by atoms with Gasteiger partial charge in [0.15, 0.2) is 0 Å². The van der Waals surface area contributed by atoms with Crippen LogP contribution in [0.2, 0.25) is 0 Å². The molecule has 1 aromatic rings. The van der Waals surface area contributed by atoms with Gasteiger partial charge in [-0.05, 0) is 37.1 Å². The van der Waals surface area contributed by atoms with Crippen molar-refractivity contribution in [3.05, 3.63) is 35.4 Å². The van der Waals surface area contributed by atoms with Crippen molar-refractivity contribution < 1.29 is 5.11 Å². The molecular formula is C15H24N2O. The van der Waals surface area contributed by atoms with Gasteiger partial charge in [-0.25, -0.2) is 0 Å². The lowest BCUT2D eigenvalue weighted by Crippen LogP contribution is -2.36. The Kier molecular flexibility index (Phi) is 5.17. The van der Waals surface area contributed by atoms with Gasteiger partial charge in [0, 0.05) is 19.1 Å². The van der Waals surface area contributed by atoms with E-state index >= 15 is 0 Å². The Morgan fingerprint density at radius 1 is 1.28 bits per heavy atom. The van der Waals surface area contributed by atoms with Crippen LogP contribution in [-0.2, 0) is 13.2 Å². The van der Waals surface area contributed by atoms with E-state index in [0.717, 1.165) is 31.7 Å². The van der Waals surface area contributed by atoms with Crippen molar-refractivity contribution in [3.8, 4) is 0 Å². The number of nitrogens with one attached hydrogen (secondary N) is 1. The normalized spacial score (nSPS) is 19.6. The van der Waals surface area contributed by atoms with Crippen LogP contribution in [0.3, 0.4) is 0 Å². The Bertz CT molecular complexity index is 344. The molecule has 1 fully saturated rings. The van der Waals surface area contributed by atoms with E-state index in [-0.39, 0.29) is 6.61 Å². The molecule has 2 N–H and O–H groups in total. The third-order valence-electron chi connectivity index (χ3n) is 3.65. The second kappa shape index (κ2) is 6.88. The second-order valence-corrected chi connectivity index (χ2v) is 5.09. The van der Waals surface area contributed by atoms with E-state index in [1.165, 1.54) is 18.4 Å². The molecule has 1 aromatic carbocycles. The molecule has 100 valence electrons. The fourth-order valence-corrected chi connectivity index (χ4v) is 2.61. The Morgan fingerprint density at radius 3 is 2.56 bits per heavy atom. The first kappa shape index (κ1) is 13.5. The van der Waals surface area contributed by atoms with Gasteiger partial charge in [-0.2, -0.15) is 0 Å². The summed E-state index contributed by atoms with van der Waals surface area (Å²) >= 11 is 0. The van der Waals surface area contributed by atoms with Crippen molar-refractivity contribution in [1.29, 1.82) is 0 Å². The first-order valence-electron chi connectivity index (χ1n) is 6.97. The maximum Gasteiger partial charge on any atom is 0.0681 e. The number of aliphatic hydroxyl groups is 1. The largest absolute Gasteiger partial charge is 0.392 e. The van der Waals surface area contributed by atoms with Crippen LogP contribution in [0.15, 0.2) is 24.3 Å². The molecule has 0 aliphatic carbocycles. The third-order valence-corrected chi connectivity index (χ3v) is 3.65. The average Bonchev–Trinajstić information content (AvgIpc) is 2.93. The molecule has 0 spiro atoms. The summed E-state index contributed by atoms with van der Waals surface area (Å²) in [6, 6.07) is 8.99. The Morgan fingerprint density at radius 2 is 2.00 bits per heavy atom. The predicted octanol–water partition coefficient (Wildman–Crippen LogP) is 1.75. The predicted molar refractivity (Wildman–Crippen MR) is 74.3 cm³/mol. The van der Waals surface area contributed by atoms with E-state index < -0.39 is 0 Å². The lowest BCUT2D eigenvalue weighted by Gasteiger charge is -2.28. The van der Waals surface area contributed by atoms with Gasteiger partial charge in [0.1, 0.15) is 0 Å². The van der Waals surface area contributed by atoms with Crippen molar-refractivity contribution in [2.45, 2.75) is 39.0 Å². The number of rotatable bonds is 6. The number of nitrogens with zero attached hydrogens (tertiary/aromatic N) is 1. The molecule has 1 heterocycles. The minimum absolute atomic E-state index is 0.130. The van der Waals surface area contributed by atoms with Gasteiger partial charge in [0.2, 0.25) is 0 Å². The van der Waals surface area contributed by atoms with Crippen LogP contribution >= 0.6 is 0 Å². The molecular weight excluding hydrogens is 224 g/mol. The smallest absolute Gasteiger partial charge is 0.0681 e. The molecule has 1 atom stereocenters. The maximum absolute atomic E-state index is 9.05. The Labute approximate surface area is 110 Å². The quantitative estimate of drug-likeness (QED) is 0.805. The van der Waals surface area contributed by atoms with Crippen molar-refractivity contribution in [2.75, 3.05) is 19.6 Å². The van der Waals surface area contributed by atoms with Gasteiger partial charge in [-0.3, -0.25) is 4.90 Å². The molecule has 0 bridgehead atoms. The Balaban J connectivity index is 1.98. The highest BCUT2D eigenvalue weighted by Gasteiger charge is 2.21. The van der Waals surface area contributed by atoms with Crippen molar-refractivity contribution in [1.82, 2.24) is 10.2 Å². The SMILES string of the molecule is CCCN(Cc1ccc(CO)cc1)C1CCNC1. The fraction of sp³-hybridized carbons (Fsp3) is 0.600. The summed E-state index contributed by atoms with van der Waals surface area (Å²) in [6.07, 6.45) is 2.46. The summed E-state index contributed by atoms with van der Waals surface area (Å²) in [5.74, 6) is 0. The van der Waals surface area contributed by atoms with Crippen molar-refractivity contribution >= 4 is 0 Å². The van der Waals surface area contributed by atoms with Gasteiger partial charge in [0.25, 0.3) is 0 Å². The lowest BCUT2D eigenvalue weighted by molar-refractivity contribution is 0.199. The molecule has 1 aliphatic heterocycles. The van der Waals surface area contributed by atoms with Gasteiger partial charge < -0.3 is 10.4 Å². The molecule has 0 saturated carbocycles. The van der Waals surface area contributed by atoms with Crippen LogP contribution in [0.25, 0.3) is 0 Å². The molecule has 1 saturated heterocycles. The molecule has 0 amide bonds. The molecule has 1 aliphatic rings. The monoisotopic (exact) mass is 248 g/mol. The van der Waals surface area contributed by atoms with Gasteiger partial charge >= 0.3 is 0 Å². The zero-order valence-corrected chi connectivity index (χ0v) is 11.2. The zero-order valence-electron chi connectivity index (χ0n) is 11.2. The van der Waals surface area contributed by atoms with Crippen molar-refractivity contribution in [3.63, 3.8) is 0 Å². The lowest BCUT2D eigenvalue weighted by atomic mass is 10.1. The van der Waals surface area contributed by atoms with Crippen LogP contribution in [0.1, 0.15) is 30.9 Å². The topological polar surface area (TPSA) is 35.5 Å². The molecule has 0 radical (unpaired) electrons. The van der Waals surface area contributed by atoms with E-state index in [4.69, 9.17) is 5.11 Å². The summed E-state index contributed by atoms with van der Waals surface area (Å²) < 4.78 is 0. The number of aliphatic hydroxyl groups excluding tert-OH is 1. The number of hydrogen-bond donors (Lipinski definition) is 2.